The molecular weight excluding hydrogens is 282 g/mol. The topological polar surface area (TPSA) is 66.2 Å². The Morgan fingerprint density at radius 1 is 1.09 bits per heavy atom. The maximum Gasteiger partial charge on any atom is 0.332 e. The average Bonchev–Trinajstić information content (AvgIpc) is 2.99. The van der Waals surface area contributed by atoms with Crippen LogP contribution in [-0.2, 0) is 20.6 Å². The van der Waals surface area contributed by atoms with Gasteiger partial charge >= 0.3 is 5.69 Å². The lowest BCUT2D eigenvalue weighted by atomic mass is 10.3. The molecule has 0 saturated carbocycles. The van der Waals surface area contributed by atoms with Crippen LogP contribution >= 0.6 is 0 Å². The van der Waals surface area contributed by atoms with Gasteiger partial charge in [-0.05, 0) is 20.8 Å². The van der Waals surface area contributed by atoms with Gasteiger partial charge < -0.3 is 4.57 Å². The number of hydrogen-bond acceptors (Lipinski definition) is 3. The van der Waals surface area contributed by atoms with Crippen LogP contribution in [0.3, 0.4) is 0 Å². The third-order valence-corrected chi connectivity index (χ3v) is 4.27. The summed E-state index contributed by atoms with van der Waals surface area (Å²) in [6.45, 7) is 6.60. The van der Waals surface area contributed by atoms with E-state index in [9.17, 15) is 9.59 Å². The molecule has 0 amide bonds. The third-order valence-electron chi connectivity index (χ3n) is 4.27. The van der Waals surface area contributed by atoms with Crippen LogP contribution in [0, 0.1) is 13.8 Å². The van der Waals surface area contributed by atoms with Gasteiger partial charge in [-0.1, -0.05) is 12.2 Å². The van der Waals surface area contributed by atoms with E-state index in [2.05, 4.69) is 4.98 Å². The van der Waals surface area contributed by atoms with Gasteiger partial charge in [0.25, 0.3) is 5.56 Å². The number of nitrogens with zero attached hydrogens (tertiary/aromatic N) is 5. The molecule has 3 aromatic heterocycles. The first-order chi connectivity index (χ1) is 10.4. The SMILES string of the molecule is C/C=C/Cn1c(C)c(C)n2c3c(=O)n(C)c(=O)n(C)c3nc12. The number of rotatable bonds is 2. The smallest absolute Gasteiger partial charge is 0.310 e. The first kappa shape index (κ1) is 14.4. The van der Waals surface area contributed by atoms with Crippen LogP contribution < -0.4 is 11.2 Å². The van der Waals surface area contributed by atoms with Crippen LogP contribution in [-0.4, -0.2) is 23.1 Å². The van der Waals surface area contributed by atoms with E-state index >= 15 is 0 Å². The predicted octanol–water partition coefficient (Wildman–Crippen LogP) is 0.879. The van der Waals surface area contributed by atoms with Gasteiger partial charge in [0.15, 0.2) is 11.2 Å². The number of imidazole rings is 2. The molecule has 0 fully saturated rings. The zero-order chi connectivity index (χ0) is 16.2. The van der Waals surface area contributed by atoms with Crippen molar-refractivity contribution in [2.45, 2.75) is 27.3 Å². The van der Waals surface area contributed by atoms with Gasteiger partial charge in [-0.3, -0.25) is 18.3 Å². The number of allylic oxidation sites excluding steroid dienone is 2. The molecule has 0 atom stereocenters. The van der Waals surface area contributed by atoms with Crippen molar-refractivity contribution in [1.29, 1.82) is 0 Å². The Bertz CT molecular complexity index is 1040. The van der Waals surface area contributed by atoms with Gasteiger partial charge in [-0.15, -0.1) is 0 Å². The molecule has 0 aliphatic heterocycles. The van der Waals surface area contributed by atoms with E-state index < -0.39 is 0 Å². The lowest BCUT2D eigenvalue weighted by molar-refractivity contribution is 0.707. The molecular formula is C15H19N5O2. The van der Waals surface area contributed by atoms with Crippen molar-refractivity contribution in [3.8, 4) is 0 Å². The summed E-state index contributed by atoms with van der Waals surface area (Å²) in [4.78, 5) is 29.2. The van der Waals surface area contributed by atoms with E-state index in [0.717, 1.165) is 16.0 Å². The Morgan fingerprint density at radius 2 is 1.77 bits per heavy atom. The molecule has 3 heterocycles. The molecule has 0 aliphatic rings. The second kappa shape index (κ2) is 4.72. The molecule has 116 valence electrons. The molecule has 3 aromatic rings. The molecule has 0 aromatic carbocycles. The second-order valence-corrected chi connectivity index (χ2v) is 5.48. The highest BCUT2D eigenvalue weighted by Gasteiger charge is 2.20. The van der Waals surface area contributed by atoms with E-state index in [1.807, 2.05) is 41.9 Å². The van der Waals surface area contributed by atoms with Crippen LogP contribution in [0.4, 0.5) is 0 Å². The van der Waals surface area contributed by atoms with Gasteiger partial charge in [-0.2, -0.15) is 4.98 Å². The molecule has 0 N–H and O–H groups in total. The highest BCUT2D eigenvalue weighted by atomic mass is 16.2. The van der Waals surface area contributed by atoms with Crippen LogP contribution in [0.25, 0.3) is 16.9 Å². The lowest BCUT2D eigenvalue weighted by Crippen LogP contribution is -2.37. The van der Waals surface area contributed by atoms with E-state index in [-0.39, 0.29) is 11.2 Å². The summed E-state index contributed by atoms with van der Waals surface area (Å²) in [7, 11) is 3.12. The Balaban J connectivity index is 2.58. The van der Waals surface area contributed by atoms with Crippen molar-refractivity contribution in [3.05, 3.63) is 44.4 Å². The Hall–Kier alpha value is -2.57. The Morgan fingerprint density at radius 3 is 2.41 bits per heavy atom. The molecule has 0 spiro atoms. The minimum atomic E-state index is -0.368. The maximum atomic E-state index is 12.5. The fourth-order valence-corrected chi connectivity index (χ4v) is 2.82. The van der Waals surface area contributed by atoms with Crippen molar-refractivity contribution < 1.29 is 0 Å². The van der Waals surface area contributed by atoms with Gasteiger partial charge in [0.1, 0.15) is 0 Å². The second-order valence-electron chi connectivity index (χ2n) is 5.48. The van der Waals surface area contributed by atoms with Crippen molar-refractivity contribution in [3.63, 3.8) is 0 Å². The number of fused-ring (bicyclic) bond motifs is 3. The van der Waals surface area contributed by atoms with Crippen molar-refractivity contribution >= 4 is 16.9 Å². The minimum absolute atomic E-state index is 0.322. The summed E-state index contributed by atoms with van der Waals surface area (Å²) in [6, 6.07) is 0. The molecule has 0 radical (unpaired) electrons. The van der Waals surface area contributed by atoms with Crippen LogP contribution in [0.5, 0.6) is 0 Å². The minimum Gasteiger partial charge on any atom is -0.310 e. The van der Waals surface area contributed by atoms with Gasteiger partial charge in [0.05, 0.1) is 0 Å². The normalized spacial score (nSPS) is 12.2. The Labute approximate surface area is 126 Å². The summed E-state index contributed by atoms with van der Waals surface area (Å²) in [5.74, 6) is 0.682. The molecule has 0 aliphatic carbocycles. The lowest BCUT2D eigenvalue weighted by Gasteiger charge is -2.04. The van der Waals surface area contributed by atoms with Crippen LogP contribution in [0.1, 0.15) is 18.3 Å². The van der Waals surface area contributed by atoms with Gasteiger partial charge in [0, 0.05) is 32.0 Å². The molecule has 0 saturated heterocycles. The molecule has 0 bridgehead atoms. The first-order valence-electron chi connectivity index (χ1n) is 7.15. The van der Waals surface area contributed by atoms with E-state index in [1.165, 1.54) is 11.6 Å². The molecule has 22 heavy (non-hydrogen) atoms. The average molecular weight is 301 g/mol. The van der Waals surface area contributed by atoms with Crippen molar-refractivity contribution in [1.82, 2.24) is 23.1 Å². The van der Waals surface area contributed by atoms with Crippen molar-refractivity contribution in [2.75, 3.05) is 0 Å². The summed E-state index contributed by atoms with van der Waals surface area (Å²) in [6.07, 6.45) is 4.01. The molecule has 7 heteroatoms. The fourth-order valence-electron chi connectivity index (χ4n) is 2.82. The molecule has 7 nitrogen and oxygen atoms in total. The van der Waals surface area contributed by atoms with Gasteiger partial charge in [0.2, 0.25) is 5.78 Å². The fraction of sp³-hybridized carbons (Fsp3) is 0.400. The molecule has 0 unspecified atom stereocenters. The van der Waals surface area contributed by atoms with E-state index in [1.54, 1.807) is 7.05 Å². The van der Waals surface area contributed by atoms with Crippen LogP contribution in [0.2, 0.25) is 0 Å². The summed E-state index contributed by atoms with van der Waals surface area (Å²) < 4.78 is 6.42. The number of hydrogen-bond donors (Lipinski definition) is 0. The quantitative estimate of drug-likeness (QED) is 0.660. The van der Waals surface area contributed by atoms with Crippen LogP contribution in [0.15, 0.2) is 21.7 Å². The zero-order valence-electron chi connectivity index (χ0n) is 13.4. The monoisotopic (exact) mass is 301 g/mol. The van der Waals surface area contributed by atoms with Gasteiger partial charge in [-0.25, -0.2) is 4.79 Å². The third kappa shape index (κ3) is 1.65. The first-order valence-corrected chi connectivity index (χ1v) is 7.15. The zero-order valence-corrected chi connectivity index (χ0v) is 13.4. The summed E-state index contributed by atoms with van der Waals surface area (Å²) in [5.41, 5.74) is 2.18. The maximum absolute atomic E-state index is 12.5. The largest absolute Gasteiger partial charge is 0.332 e. The standard InChI is InChI=1S/C15H19N5O2/c1-6-7-8-19-9(2)10(3)20-11-12(16-14(19)20)17(4)15(22)18(5)13(11)21/h6-7H,8H2,1-5H3/b7-6+. The highest BCUT2D eigenvalue weighted by Crippen LogP contribution is 2.20. The van der Waals surface area contributed by atoms with Crippen molar-refractivity contribution in [2.24, 2.45) is 14.1 Å². The van der Waals surface area contributed by atoms with E-state index in [0.29, 0.717) is 23.5 Å². The molecule has 3 rings (SSSR count). The number of aryl methyl sites for hydroxylation is 2. The highest BCUT2D eigenvalue weighted by molar-refractivity contribution is 5.76. The summed E-state index contributed by atoms with van der Waals surface area (Å²) >= 11 is 0. The number of aromatic nitrogens is 5. The predicted molar refractivity (Wildman–Crippen MR) is 85.5 cm³/mol. The Kier molecular flexibility index (Phi) is 3.09. The van der Waals surface area contributed by atoms with E-state index in [4.69, 9.17) is 0 Å². The summed E-state index contributed by atoms with van der Waals surface area (Å²) in [5, 5.41) is 0.